The summed E-state index contributed by atoms with van der Waals surface area (Å²) in [7, 11) is 2.18. The molecule has 3 nitrogen and oxygen atoms in total. The topological polar surface area (TPSA) is 29.3 Å². The van der Waals surface area contributed by atoms with E-state index >= 15 is 0 Å². The summed E-state index contributed by atoms with van der Waals surface area (Å²) < 4.78 is 6.18. The first-order valence-corrected chi connectivity index (χ1v) is 9.35. The largest absolute Gasteiger partial charge is 0.460 e. The Hall–Kier alpha value is -2.43. The van der Waals surface area contributed by atoms with Crippen molar-refractivity contribution in [2.24, 2.45) is 0 Å². The van der Waals surface area contributed by atoms with Crippen LogP contribution in [-0.4, -0.2) is 23.5 Å². The van der Waals surface area contributed by atoms with Gasteiger partial charge in [0.15, 0.2) is 0 Å². The number of likely N-dealkylation sites (N-methyl/N-ethyl adjacent to an activating group) is 1. The van der Waals surface area contributed by atoms with Gasteiger partial charge in [0.05, 0.1) is 5.92 Å². The second-order valence-corrected chi connectivity index (χ2v) is 7.58. The van der Waals surface area contributed by atoms with Gasteiger partial charge in [-0.25, -0.2) is 4.98 Å². The van der Waals surface area contributed by atoms with Gasteiger partial charge >= 0.3 is 0 Å². The molecule has 4 aromatic rings. The second-order valence-electron chi connectivity index (χ2n) is 6.69. The molecule has 4 heteroatoms. The maximum atomic E-state index is 6.18. The lowest BCUT2D eigenvalue weighted by molar-refractivity contribution is 0.282. The fourth-order valence-electron chi connectivity index (χ4n) is 3.76. The Balaban J connectivity index is 1.60. The van der Waals surface area contributed by atoms with Crippen LogP contribution in [0.3, 0.4) is 0 Å². The van der Waals surface area contributed by atoms with Gasteiger partial charge < -0.3 is 9.32 Å². The predicted molar refractivity (Wildman–Crippen MR) is 102 cm³/mol. The molecule has 2 aromatic heterocycles. The van der Waals surface area contributed by atoms with Gasteiger partial charge in [-0.3, -0.25) is 0 Å². The molecule has 0 bridgehead atoms. The van der Waals surface area contributed by atoms with Crippen molar-refractivity contribution in [1.82, 2.24) is 9.88 Å². The molecule has 2 aromatic carbocycles. The minimum absolute atomic E-state index is 0.270. The van der Waals surface area contributed by atoms with E-state index in [2.05, 4.69) is 53.3 Å². The highest BCUT2D eigenvalue weighted by molar-refractivity contribution is 7.13. The number of rotatable bonds is 2. The molecule has 1 aliphatic rings. The molecule has 1 aliphatic heterocycles. The number of fused-ring (bicyclic) bond motifs is 2. The molecule has 1 atom stereocenters. The summed E-state index contributed by atoms with van der Waals surface area (Å²) in [5.74, 6) is 1.32. The lowest BCUT2D eigenvalue weighted by atomic mass is 9.87. The highest BCUT2D eigenvalue weighted by Gasteiger charge is 2.27. The summed E-state index contributed by atoms with van der Waals surface area (Å²) >= 11 is 1.68. The van der Waals surface area contributed by atoms with E-state index in [1.807, 2.05) is 23.7 Å². The van der Waals surface area contributed by atoms with Crippen LogP contribution in [0.15, 0.2) is 64.5 Å². The Morgan fingerprint density at radius 3 is 2.92 bits per heavy atom. The number of hydrogen-bond donors (Lipinski definition) is 0. The molecule has 0 spiro atoms. The molecule has 0 saturated carbocycles. The lowest BCUT2D eigenvalue weighted by Gasteiger charge is -2.31. The van der Waals surface area contributed by atoms with Crippen molar-refractivity contribution in [3.05, 3.63) is 77.0 Å². The van der Waals surface area contributed by atoms with E-state index < -0.39 is 0 Å². The molecule has 0 saturated heterocycles. The number of nitrogens with zero attached hydrogens (tertiary/aromatic N) is 2. The zero-order chi connectivity index (χ0) is 16.8. The van der Waals surface area contributed by atoms with E-state index in [4.69, 9.17) is 4.42 Å². The van der Waals surface area contributed by atoms with Gasteiger partial charge in [-0.1, -0.05) is 30.3 Å². The maximum Gasteiger partial charge on any atom is 0.134 e. The molecule has 3 heterocycles. The van der Waals surface area contributed by atoms with Crippen LogP contribution in [0.25, 0.3) is 21.5 Å². The van der Waals surface area contributed by atoms with Crippen molar-refractivity contribution >= 4 is 22.3 Å². The van der Waals surface area contributed by atoms with Crippen molar-refractivity contribution < 1.29 is 4.42 Å². The SMILES string of the molecule is CN1Cc2cc(-c3nccs3)ccc2C(c2cc3ccccc3o2)C1. The number of hydrogen-bond acceptors (Lipinski definition) is 4. The van der Waals surface area contributed by atoms with Crippen LogP contribution in [-0.2, 0) is 6.54 Å². The zero-order valence-electron chi connectivity index (χ0n) is 14.0. The van der Waals surface area contributed by atoms with Crippen molar-refractivity contribution in [2.75, 3.05) is 13.6 Å². The number of thiazole rings is 1. The summed E-state index contributed by atoms with van der Waals surface area (Å²) in [5, 5.41) is 4.28. The highest BCUT2D eigenvalue weighted by atomic mass is 32.1. The molecular formula is C21H18N2OS. The molecule has 25 heavy (non-hydrogen) atoms. The molecule has 0 fully saturated rings. The summed E-state index contributed by atoms with van der Waals surface area (Å²) in [6, 6.07) is 17.2. The Morgan fingerprint density at radius 1 is 1.16 bits per heavy atom. The van der Waals surface area contributed by atoms with E-state index in [0.717, 1.165) is 29.4 Å². The summed E-state index contributed by atoms with van der Waals surface area (Å²) in [6.07, 6.45) is 1.86. The van der Waals surface area contributed by atoms with Gasteiger partial charge in [0, 0.05) is 35.6 Å². The van der Waals surface area contributed by atoms with Gasteiger partial charge in [0.1, 0.15) is 16.4 Å². The van der Waals surface area contributed by atoms with Crippen molar-refractivity contribution in [3.8, 4) is 10.6 Å². The standard InChI is InChI=1S/C21H18N2OS/c1-23-12-16-10-15(21-22-8-9-25-21)6-7-17(16)18(13-23)20-11-14-4-2-3-5-19(14)24-20/h2-11,18H,12-13H2,1H3. The van der Waals surface area contributed by atoms with Crippen LogP contribution < -0.4 is 0 Å². The average Bonchev–Trinajstić information content (AvgIpc) is 3.30. The average molecular weight is 346 g/mol. The van der Waals surface area contributed by atoms with Gasteiger partial charge in [-0.05, 0) is 36.4 Å². The van der Waals surface area contributed by atoms with Gasteiger partial charge in [-0.2, -0.15) is 0 Å². The summed E-state index contributed by atoms with van der Waals surface area (Å²) in [4.78, 5) is 6.81. The van der Waals surface area contributed by atoms with Crippen LogP contribution in [0.4, 0.5) is 0 Å². The predicted octanol–water partition coefficient (Wildman–Crippen LogP) is 5.13. The third-order valence-corrected chi connectivity index (χ3v) is 5.74. The molecule has 0 N–H and O–H groups in total. The molecule has 1 unspecified atom stereocenters. The van der Waals surface area contributed by atoms with Crippen LogP contribution in [0.2, 0.25) is 0 Å². The third kappa shape index (κ3) is 2.58. The lowest BCUT2D eigenvalue weighted by Crippen LogP contribution is -2.30. The Kier molecular flexibility index (Phi) is 3.47. The Morgan fingerprint density at radius 2 is 2.08 bits per heavy atom. The monoisotopic (exact) mass is 346 g/mol. The molecule has 0 radical (unpaired) electrons. The van der Waals surface area contributed by atoms with Crippen LogP contribution in [0.5, 0.6) is 0 Å². The summed E-state index contributed by atoms with van der Waals surface area (Å²) in [6.45, 7) is 1.94. The number of furan rings is 1. The van der Waals surface area contributed by atoms with Gasteiger partial charge in [0.25, 0.3) is 0 Å². The van der Waals surface area contributed by atoms with Gasteiger partial charge in [0.2, 0.25) is 0 Å². The highest BCUT2D eigenvalue weighted by Crippen LogP contribution is 2.37. The molecule has 0 amide bonds. The molecular weight excluding hydrogens is 328 g/mol. The second kappa shape index (κ2) is 5.83. The Bertz CT molecular complexity index is 1000. The van der Waals surface area contributed by atoms with E-state index in [9.17, 15) is 0 Å². The normalized spacial score (nSPS) is 17.7. The number of benzene rings is 2. The number of aromatic nitrogens is 1. The third-order valence-electron chi connectivity index (χ3n) is 4.92. The van der Waals surface area contributed by atoms with Crippen LogP contribution in [0.1, 0.15) is 22.8 Å². The van der Waals surface area contributed by atoms with E-state index in [1.54, 1.807) is 11.3 Å². The van der Waals surface area contributed by atoms with E-state index in [-0.39, 0.29) is 5.92 Å². The first-order chi connectivity index (χ1) is 12.3. The molecule has 5 rings (SSSR count). The van der Waals surface area contributed by atoms with Crippen molar-refractivity contribution in [3.63, 3.8) is 0 Å². The van der Waals surface area contributed by atoms with Crippen molar-refractivity contribution in [1.29, 1.82) is 0 Å². The Labute approximate surface area is 150 Å². The van der Waals surface area contributed by atoms with Crippen LogP contribution in [0, 0.1) is 0 Å². The maximum absolute atomic E-state index is 6.18. The van der Waals surface area contributed by atoms with Crippen LogP contribution >= 0.6 is 11.3 Å². The first-order valence-electron chi connectivity index (χ1n) is 8.47. The van der Waals surface area contributed by atoms with Gasteiger partial charge in [-0.15, -0.1) is 11.3 Å². The fourth-order valence-corrected chi connectivity index (χ4v) is 4.40. The van der Waals surface area contributed by atoms with E-state index in [0.29, 0.717) is 0 Å². The smallest absolute Gasteiger partial charge is 0.134 e. The van der Waals surface area contributed by atoms with Crippen molar-refractivity contribution in [2.45, 2.75) is 12.5 Å². The zero-order valence-corrected chi connectivity index (χ0v) is 14.8. The minimum atomic E-state index is 0.270. The summed E-state index contributed by atoms with van der Waals surface area (Å²) in [5.41, 5.74) is 4.91. The quantitative estimate of drug-likeness (QED) is 0.504. The molecule has 124 valence electrons. The first kappa shape index (κ1) is 14.9. The molecule has 0 aliphatic carbocycles. The van der Waals surface area contributed by atoms with E-state index in [1.165, 1.54) is 22.1 Å². The minimum Gasteiger partial charge on any atom is -0.460 e. The number of para-hydroxylation sites is 1. The fraction of sp³-hybridized carbons (Fsp3) is 0.190.